The van der Waals surface area contributed by atoms with Crippen LogP contribution < -0.4 is 15.6 Å². The molecule has 0 aliphatic carbocycles. The topological polar surface area (TPSA) is 78.3 Å². The Labute approximate surface area is 236 Å². The molecule has 0 saturated heterocycles. The van der Waals surface area contributed by atoms with E-state index in [0.717, 1.165) is 33.4 Å². The van der Waals surface area contributed by atoms with Gasteiger partial charge in [0.05, 0.1) is 6.21 Å². The summed E-state index contributed by atoms with van der Waals surface area (Å²) in [6.07, 6.45) is 1.63. The summed E-state index contributed by atoms with van der Waals surface area (Å²) in [5, 5.41) is 10.5. The van der Waals surface area contributed by atoms with Gasteiger partial charge in [-0.15, -0.1) is 0 Å². The van der Waals surface area contributed by atoms with Crippen molar-refractivity contribution in [2.45, 2.75) is 0 Å². The summed E-state index contributed by atoms with van der Waals surface area (Å²) in [6.45, 7) is 0. The Kier molecular flexibility index (Phi) is 7.28. The first kappa shape index (κ1) is 25.0. The van der Waals surface area contributed by atoms with Crippen molar-refractivity contribution in [1.82, 2.24) is 15.0 Å². The number of anilines is 6. The first-order chi connectivity index (χ1) is 19.7. The van der Waals surface area contributed by atoms with Crippen LogP contribution in [0.25, 0.3) is 10.8 Å². The van der Waals surface area contributed by atoms with Gasteiger partial charge < -0.3 is 5.32 Å². The normalized spacial score (nSPS) is 11.0. The molecule has 6 rings (SSSR count). The van der Waals surface area contributed by atoms with Gasteiger partial charge in [-0.2, -0.15) is 20.1 Å². The number of halogens is 1. The molecule has 194 valence electrons. The molecule has 0 amide bonds. The summed E-state index contributed by atoms with van der Waals surface area (Å²) in [6, 6.07) is 41.6. The Hall–Kier alpha value is -5.27. The number of fused-ring (bicyclic) bond motifs is 1. The smallest absolute Gasteiger partial charge is 0.250 e. The van der Waals surface area contributed by atoms with Crippen molar-refractivity contribution >= 4 is 63.5 Å². The van der Waals surface area contributed by atoms with Crippen LogP contribution in [0.3, 0.4) is 0 Å². The Balaban J connectivity index is 1.44. The van der Waals surface area contributed by atoms with Gasteiger partial charge >= 0.3 is 0 Å². The Morgan fingerprint density at radius 3 is 2.00 bits per heavy atom. The van der Waals surface area contributed by atoms with Gasteiger partial charge in [0.25, 0.3) is 0 Å². The molecule has 0 radical (unpaired) electrons. The van der Waals surface area contributed by atoms with Crippen LogP contribution in [-0.4, -0.2) is 21.2 Å². The number of hydrazone groups is 1. The summed E-state index contributed by atoms with van der Waals surface area (Å²) in [5.41, 5.74) is 6.43. The summed E-state index contributed by atoms with van der Waals surface area (Å²) in [4.78, 5) is 16.2. The van der Waals surface area contributed by atoms with E-state index in [1.54, 1.807) is 6.21 Å². The van der Waals surface area contributed by atoms with Crippen LogP contribution in [0.15, 0.2) is 132 Å². The molecule has 5 aromatic carbocycles. The molecule has 0 aliphatic rings. The number of benzene rings is 5. The summed E-state index contributed by atoms with van der Waals surface area (Å²) >= 11 is 6.29. The molecule has 0 saturated carbocycles. The third kappa shape index (κ3) is 5.60. The minimum atomic E-state index is 0.271. The largest absolute Gasteiger partial charge is 0.323 e. The van der Waals surface area contributed by atoms with Crippen molar-refractivity contribution < 1.29 is 0 Å². The predicted molar refractivity (Wildman–Crippen MR) is 164 cm³/mol. The predicted octanol–water partition coefficient (Wildman–Crippen LogP) is 8.34. The highest BCUT2D eigenvalue weighted by Gasteiger charge is 2.18. The molecule has 8 heteroatoms. The fraction of sp³-hybridized carbons (Fsp3) is 0. The van der Waals surface area contributed by atoms with Gasteiger partial charge in [-0.25, -0.2) is 5.43 Å². The second-order valence-electron chi connectivity index (χ2n) is 8.83. The Morgan fingerprint density at radius 1 is 0.625 bits per heavy atom. The van der Waals surface area contributed by atoms with Gasteiger partial charge in [0.1, 0.15) is 0 Å². The third-order valence-electron chi connectivity index (χ3n) is 6.16. The fourth-order valence-corrected chi connectivity index (χ4v) is 4.48. The molecule has 1 aromatic heterocycles. The highest BCUT2D eigenvalue weighted by molar-refractivity contribution is 6.33. The molecular weight excluding hydrogens is 518 g/mol. The molecule has 2 N–H and O–H groups in total. The summed E-state index contributed by atoms with van der Waals surface area (Å²) < 4.78 is 0. The van der Waals surface area contributed by atoms with E-state index in [0.29, 0.717) is 16.9 Å². The molecule has 40 heavy (non-hydrogen) atoms. The van der Waals surface area contributed by atoms with Crippen molar-refractivity contribution in [2.75, 3.05) is 15.6 Å². The molecule has 7 nitrogen and oxygen atoms in total. The second kappa shape index (κ2) is 11.6. The number of nitrogens with zero attached hydrogens (tertiary/aromatic N) is 5. The molecule has 0 bridgehead atoms. The van der Waals surface area contributed by atoms with Crippen LogP contribution in [0, 0.1) is 0 Å². The van der Waals surface area contributed by atoms with Gasteiger partial charge in [-0.1, -0.05) is 103 Å². The highest BCUT2D eigenvalue weighted by atomic mass is 35.5. The molecule has 0 fully saturated rings. The van der Waals surface area contributed by atoms with Crippen LogP contribution in [0.4, 0.5) is 34.9 Å². The lowest BCUT2D eigenvalue weighted by atomic mass is 10.1. The Morgan fingerprint density at radius 2 is 1.25 bits per heavy atom. The van der Waals surface area contributed by atoms with Crippen molar-refractivity contribution in [3.05, 3.63) is 138 Å². The van der Waals surface area contributed by atoms with E-state index >= 15 is 0 Å². The maximum absolute atomic E-state index is 6.29. The van der Waals surface area contributed by atoms with Crippen molar-refractivity contribution in [1.29, 1.82) is 0 Å². The first-order valence-corrected chi connectivity index (χ1v) is 13.1. The van der Waals surface area contributed by atoms with Crippen molar-refractivity contribution in [3.8, 4) is 0 Å². The monoisotopic (exact) mass is 541 g/mol. The zero-order valence-corrected chi connectivity index (χ0v) is 22.1. The number of hydrogen-bond acceptors (Lipinski definition) is 7. The highest BCUT2D eigenvalue weighted by Crippen LogP contribution is 2.33. The average molecular weight is 542 g/mol. The van der Waals surface area contributed by atoms with Crippen molar-refractivity contribution in [3.63, 3.8) is 0 Å². The number of hydrogen-bond donors (Lipinski definition) is 2. The second-order valence-corrected chi connectivity index (χ2v) is 9.24. The van der Waals surface area contributed by atoms with Crippen LogP contribution >= 0.6 is 11.6 Å². The van der Waals surface area contributed by atoms with E-state index in [-0.39, 0.29) is 5.95 Å². The summed E-state index contributed by atoms with van der Waals surface area (Å²) in [5.74, 6) is 1.06. The van der Waals surface area contributed by atoms with Crippen LogP contribution in [0.1, 0.15) is 5.56 Å². The van der Waals surface area contributed by atoms with Crippen LogP contribution in [-0.2, 0) is 0 Å². The number of para-hydroxylation sites is 2. The zero-order valence-electron chi connectivity index (χ0n) is 21.3. The average Bonchev–Trinajstić information content (AvgIpc) is 3.00. The standard InChI is InChI=1S/C32H24ClN7/c33-28-20-10-8-13-24(28)22-34-39-31-36-30(35-29-21-11-14-23-12-7-9-19-27(23)29)37-32(38-31)40(25-15-3-1-4-16-25)26-17-5-2-6-18-26/h1-22H,(H2,35,36,37,38,39). The van der Waals surface area contributed by atoms with Gasteiger partial charge in [-0.3, -0.25) is 4.90 Å². The quantitative estimate of drug-likeness (QED) is 0.149. The van der Waals surface area contributed by atoms with Crippen LogP contribution in [0.5, 0.6) is 0 Å². The van der Waals surface area contributed by atoms with E-state index in [1.807, 2.05) is 114 Å². The minimum Gasteiger partial charge on any atom is -0.323 e. The number of rotatable bonds is 8. The lowest BCUT2D eigenvalue weighted by Crippen LogP contribution is -2.16. The number of nitrogens with one attached hydrogen (secondary N) is 2. The van der Waals surface area contributed by atoms with E-state index in [4.69, 9.17) is 21.6 Å². The maximum Gasteiger partial charge on any atom is 0.250 e. The molecule has 0 atom stereocenters. The van der Waals surface area contributed by atoms with Crippen molar-refractivity contribution in [2.24, 2.45) is 5.10 Å². The van der Waals surface area contributed by atoms with E-state index in [9.17, 15) is 0 Å². The van der Waals surface area contributed by atoms with Gasteiger partial charge in [0.2, 0.25) is 17.8 Å². The van der Waals surface area contributed by atoms with Crippen LogP contribution in [0.2, 0.25) is 5.02 Å². The first-order valence-electron chi connectivity index (χ1n) is 12.7. The van der Waals surface area contributed by atoms with E-state index in [1.165, 1.54) is 0 Å². The van der Waals surface area contributed by atoms with E-state index in [2.05, 4.69) is 39.0 Å². The Bertz CT molecular complexity index is 1730. The minimum absolute atomic E-state index is 0.271. The lowest BCUT2D eigenvalue weighted by molar-refractivity contribution is 1.00. The third-order valence-corrected chi connectivity index (χ3v) is 6.51. The van der Waals surface area contributed by atoms with E-state index < -0.39 is 0 Å². The summed E-state index contributed by atoms with van der Waals surface area (Å²) in [7, 11) is 0. The molecule has 0 aliphatic heterocycles. The SMILES string of the molecule is Clc1ccccc1C=NNc1nc(Nc2cccc3ccccc23)nc(N(c2ccccc2)c2ccccc2)n1. The maximum atomic E-state index is 6.29. The van der Waals surface area contributed by atoms with Gasteiger partial charge in [-0.05, 0) is 41.8 Å². The zero-order chi connectivity index (χ0) is 27.1. The molecule has 0 unspecified atom stereocenters. The molecule has 1 heterocycles. The molecule has 0 spiro atoms. The van der Waals surface area contributed by atoms with Gasteiger partial charge in [0, 0.05) is 33.0 Å². The molecule has 6 aromatic rings. The van der Waals surface area contributed by atoms with Gasteiger partial charge in [0.15, 0.2) is 0 Å². The number of aromatic nitrogens is 3. The molecular formula is C32H24ClN7. The lowest BCUT2D eigenvalue weighted by Gasteiger charge is -2.23. The fourth-order valence-electron chi connectivity index (χ4n) is 4.30.